The smallest absolute Gasteiger partial charge is 0.0473 e. The van der Waals surface area contributed by atoms with Crippen molar-refractivity contribution in [1.82, 2.24) is 0 Å². The molecule has 0 spiro atoms. The molecule has 0 rings (SSSR count). The van der Waals surface area contributed by atoms with E-state index in [1.54, 1.807) is 11.8 Å². The first-order valence-corrected chi connectivity index (χ1v) is 3.51. The van der Waals surface area contributed by atoms with Gasteiger partial charge < -0.3 is 0 Å². The molecule has 52 valence electrons. The second-order valence-electron chi connectivity index (χ2n) is 0.930. The second-order valence-corrected chi connectivity index (χ2v) is 2.58. The molecule has 0 aromatic heterocycles. The zero-order valence-corrected chi connectivity index (χ0v) is 5.66. The van der Waals surface area contributed by atoms with Crippen molar-refractivity contribution >= 4 is 28.2 Å². The van der Waals surface area contributed by atoms with Crippen LogP contribution in [-0.2, 0) is 0 Å². The van der Waals surface area contributed by atoms with Gasteiger partial charge in [0.25, 0.3) is 0 Å². The summed E-state index contributed by atoms with van der Waals surface area (Å²) in [4.78, 5) is 0. The van der Waals surface area contributed by atoms with Crippen LogP contribution in [0.3, 0.4) is 0 Å². The van der Waals surface area contributed by atoms with E-state index in [4.69, 9.17) is 12.2 Å². The van der Waals surface area contributed by atoms with Crippen LogP contribution < -0.4 is 0 Å². The Balaban J connectivity index is -0.000000125. The minimum atomic E-state index is 0. The molecule has 0 saturated carbocycles. The Kier molecular flexibility index (Phi) is 20.6. The van der Waals surface area contributed by atoms with Gasteiger partial charge in [-0.2, -0.15) is 0 Å². The van der Waals surface area contributed by atoms with E-state index in [2.05, 4.69) is 6.92 Å². The molecular formula is C6H16S2. The van der Waals surface area contributed by atoms with E-state index >= 15 is 0 Å². The molecule has 0 radical (unpaired) electrons. The topological polar surface area (TPSA) is 0 Å². The van der Waals surface area contributed by atoms with Gasteiger partial charge in [0.1, 0.15) is 0 Å². The lowest BCUT2D eigenvalue weighted by Crippen LogP contribution is -1.77. The lowest BCUT2D eigenvalue weighted by Gasteiger charge is -1.85. The van der Waals surface area contributed by atoms with Gasteiger partial charge >= 0.3 is 0 Å². The maximum Gasteiger partial charge on any atom is 0.0473 e. The quantitative estimate of drug-likeness (QED) is 0.528. The van der Waals surface area contributed by atoms with E-state index in [0.717, 1.165) is 10.6 Å². The fourth-order valence-electron chi connectivity index (χ4n) is 0.144. The highest BCUT2D eigenvalue weighted by molar-refractivity contribution is 8.22. The second kappa shape index (κ2) is 10.4. The zero-order valence-electron chi connectivity index (χ0n) is 4.02. The van der Waals surface area contributed by atoms with Gasteiger partial charge in [-0.3, -0.25) is 0 Å². The van der Waals surface area contributed by atoms with Gasteiger partial charge in [-0.15, -0.1) is 11.8 Å². The van der Waals surface area contributed by atoms with Crippen molar-refractivity contribution in [1.29, 1.82) is 0 Å². The van der Waals surface area contributed by atoms with E-state index in [-0.39, 0.29) is 14.9 Å². The highest BCUT2D eigenvalue weighted by Gasteiger charge is 1.81. The van der Waals surface area contributed by atoms with Crippen LogP contribution in [0.4, 0.5) is 0 Å². The van der Waals surface area contributed by atoms with Gasteiger partial charge in [-0.25, -0.2) is 0 Å². The zero-order chi connectivity index (χ0) is 4.99. The lowest BCUT2D eigenvalue weighted by atomic mass is 10.6. The minimum Gasteiger partial charge on any atom is -0.122 e. The van der Waals surface area contributed by atoms with E-state index in [1.165, 1.54) is 0 Å². The Hall–Kier alpha value is 0.440. The molecule has 0 fully saturated rings. The molecule has 0 aromatic rings. The van der Waals surface area contributed by atoms with Crippen molar-refractivity contribution in [2.45, 2.75) is 28.2 Å². The molecular weight excluding hydrogens is 136 g/mol. The molecule has 0 nitrogen and oxygen atoms in total. The molecule has 2 heteroatoms. The fourth-order valence-corrected chi connectivity index (χ4v) is 0.433. The first-order valence-electron chi connectivity index (χ1n) is 1.88. The average Bonchev–Trinajstić information content (AvgIpc) is 1.65. The van der Waals surface area contributed by atoms with Crippen molar-refractivity contribution in [2.75, 3.05) is 6.26 Å². The Bertz CT molecular complexity index is 44.5. The monoisotopic (exact) mass is 152 g/mol. The summed E-state index contributed by atoms with van der Waals surface area (Å²) >= 11 is 6.48. The molecule has 0 aliphatic carbocycles. The summed E-state index contributed by atoms with van der Waals surface area (Å²) in [6.45, 7) is 2.07. The third-order valence-electron chi connectivity index (χ3n) is 0.516. The number of hydrogen-bond acceptors (Lipinski definition) is 2. The number of thiocarbonyl (C=S) groups is 1. The molecule has 0 aliphatic heterocycles. The van der Waals surface area contributed by atoms with Crippen LogP contribution in [-0.4, -0.2) is 10.5 Å². The first-order chi connectivity index (χ1) is 2.81. The normalized spacial score (nSPS) is 6.25. The standard InChI is InChI=1S/C4H8S2.2CH4/c1-3-4(5)6-2;;/h3H2,1-2H3;2*1H4. The summed E-state index contributed by atoms with van der Waals surface area (Å²) < 4.78 is 1.09. The van der Waals surface area contributed by atoms with Crippen LogP contribution >= 0.6 is 24.0 Å². The van der Waals surface area contributed by atoms with Gasteiger partial charge in [0.2, 0.25) is 0 Å². The van der Waals surface area contributed by atoms with Crippen molar-refractivity contribution in [2.24, 2.45) is 0 Å². The third-order valence-corrected chi connectivity index (χ3v) is 2.05. The van der Waals surface area contributed by atoms with Crippen LogP contribution in [0.15, 0.2) is 0 Å². The molecule has 0 N–H and O–H groups in total. The van der Waals surface area contributed by atoms with Gasteiger partial charge in [-0.1, -0.05) is 34.0 Å². The molecule has 0 atom stereocenters. The SMILES string of the molecule is C.C.CCC(=S)SC. The average molecular weight is 152 g/mol. The summed E-state index contributed by atoms with van der Waals surface area (Å²) in [6.07, 6.45) is 3.03. The van der Waals surface area contributed by atoms with Crippen molar-refractivity contribution < 1.29 is 0 Å². The first kappa shape index (κ1) is 15.8. The molecule has 8 heavy (non-hydrogen) atoms. The molecule has 0 amide bonds. The molecule has 0 bridgehead atoms. The van der Waals surface area contributed by atoms with Crippen LogP contribution in [0.2, 0.25) is 0 Å². The van der Waals surface area contributed by atoms with Crippen LogP contribution in [0, 0.1) is 0 Å². The predicted octanol–water partition coefficient (Wildman–Crippen LogP) is 3.36. The van der Waals surface area contributed by atoms with Crippen LogP contribution in [0.25, 0.3) is 0 Å². The summed E-state index contributed by atoms with van der Waals surface area (Å²) in [5, 5.41) is 0. The number of thioether (sulfide) groups is 1. The van der Waals surface area contributed by atoms with Gasteiger partial charge in [0, 0.05) is 4.20 Å². The molecule has 0 aliphatic rings. The van der Waals surface area contributed by atoms with Crippen molar-refractivity contribution in [3.63, 3.8) is 0 Å². The minimum absolute atomic E-state index is 0. The fraction of sp³-hybridized carbons (Fsp3) is 0.833. The van der Waals surface area contributed by atoms with Gasteiger partial charge in [-0.05, 0) is 12.7 Å². The van der Waals surface area contributed by atoms with Crippen LogP contribution in [0.1, 0.15) is 28.2 Å². The Morgan fingerprint density at radius 1 is 1.50 bits per heavy atom. The van der Waals surface area contributed by atoms with E-state index in [0.29, 0.717) is 0 Å². The van der Waals surface area contributed by atoms with Crippen LogP contribution in [0.5, 0.6) is 0 Å². The van der Waals surface area contributed by atoms with E-state index < -0.39 is 0 Å². The predicted molar refractivity (Wildman–Crippen MR) is 49.9 cm³/mol. The summed E-state index contributed by atoms with van der Waals surface area (Å²) in [6, 6.07) is 0. The number of hydrogen-bond donors (Lipinski definition) is 0. The maximum absolute atomic E-state index is 4.82. The maximum atomic E-state index is 4.82. The van der Waals surface area contributed by atoms with Crippen molar-refractivity contribution in [3.8, 4) is 0 Å². The molecule has 0 aromatic carbocycles. The van der Waals surface area contributed by atoms with Crippen molar-refractivity contribution in [3.05, 3.63) is 0 Å². The Morgan fingerprint density at radius 3 is 1.88 bits per heavy atom. The third kappa shape index (κ3) is 9.67. The van der Waals surface area contributed by atoms with Gasteiger partial charge in [0.05, 0.1) is 0 Å². The summed E-state index contributed by atoms with van der Waals surface area (Å²) in [7, 11) is 0. The van der Waals surface area contributed by atoms with E-state index in [9.17, 15) is 0 Å². The number of rotatable bonds is 1. The van der Waals surface area contributed by atoms with E-state index in [1.807, 2.05) is 6.26 Å². The lowest BCUT2D eigenvalue weighted by molar-refractivity contribution is 1.35. The molecule has 0 saturated heterocycles. The highest BCUT2D eigenvalue weighted by atomic mass is 32.2. The summed E-state index contributed by atoms with van der Waals surface area (Å²) in [5.41, 5.74) is 0. The largest absolute Gasteiger partial charge is 0.122 e. The molecule has 0 heterocycles. The summed E-state index contributed by atoms with van der Waals surface area (Å²) in [5.74, 6) is 0. The Labute approximate surface area is 63.1 Å². The van der Waals surface area contributed by atoms with Gasteiger partial charge in [0.15, 0.2) is 0 Å². The Morgan fingerprint density at radius 2 is 1.88 bits per heavy atom. The highest BCUT2D eigenvalue weighted by Crippen LogP contribution is 1.99. The molecule has 0 unspecified atom stereocenters.